The summed E-state index contributed by atoms with van der Waals surface area (Å²) in [6, 6.07) is 8.53. The number of ether oxygens (including phenoxy) is 1. The summed E-state index contributed by atoms with van der Waals surface area (Å²) in [5.74, 6) is -0.956. The van der Waals surface area contributed by atoms with Crippen LogP contribution in [0.25, 0.3) is 5.65 Å². The molecule has 0 aliphatic rings. The van der Waals surface area contributed by atoms with E-state index in [1.54, 1.807) is 18.2 Å². The molecule has 0 unspecified atom stereocenters. The molecule has 0 N–H and O–H groups in total. The normalized spacial score (nSPS) is 10.7. The average Bonchev–Trinajstić information content (AvgIpc) is 2.86. The molecule has 0 atom stereocenters. The topological polar surface area (TPSA) is 113 Å². The van der Waals surface area contributed by atoms with Crippen LogP contribution in [-0.4, -0.2) is 19.2 Å². The van der Waals surface area contributed by atoms with Gasteiger partial charge in [-0.3, -0.25) is 10.1 Å². The molecule has 9 nitrogen and oxygen atoms in total. The first-order valence-electron chi connectivity index (χ1n) is 6.20. The highest BCUT2D eigenvalue weighted by molar-refractivity contribution is 6.30. The van der Waals surface area contributed by atoms with E-state index in [0.717, 1.165) is 6.07 Å². The van der Waals surface area contributed by atoms with E-state index >= 15 is 0 Å². The van der Waals surface area contributed by atoms with Crippen LogP contribution < -0.4 is 4.74 Å². The number of hydrogen-bond donors (Lipinski definition) is 0. The smallest absolute Gasteiger partial charge is 0.392 e. The van der Waals surface area contributed by atoms with Crippen LogP contribution in [0.4, 0.5) is 11.5 Å². The number of nitrogens with zero attached hydrogens (tertiary/aromatic N) is 4. The molecule has 0 saturated carbocycles. The van der Waals surface area contributed by atoms with Crippen molar-refractivity contribution in [2.24, 2.45) is 0 Å². The zero-order valence-corrected chi connectivity index (χ0v) is 12.0. The highest BCUT2D eigenvalue weighted by Crippen LogP contribution is 2.37. The summed E-state index contributed by atoms with van der Waals surface area (Å²) in [6.07, 6.45) is 1.45. The molecule has 1 aromatic carbocycles. The first-order chi connectivity index (χ1) is 11.0. The number of hydrogen-bond acceptors (Lipinski definition) is 6. The quantitative estimate of drug-likeness (QED) is 0.532. The summed E-state index contributed by atoms with van der Waals surface area (Å²) in [6.45, 7) is 0. The number of imidazole rings is 1. The van der Waals surface area contributed by atoms with Gasteiger partial charge in [-0.25, -0.2) is 0 Å². The van der Waals surface area contributed by atoms with Crippen molar-refractivity contribution in [3.8, 4) is 11.6 Å². The van der Waals surface area contributed by atoms with Crippen molar-refractivity contribution in [2.45, 2.75) is 0 Å². The number of aromatic nitrogens is 2. The monoisotopic (exact) mass is 334 g/mol. The maximum Gasteiger partial charge on any atom is 0.392 e. The molecule has 0 amide bonds. The molecule has 0 spiro atoms. The van der Waals surface area contributed by atoms with Crippen LogP contribution >= 0.6 is 11.6 Å². The standard InChI is InChI=1S/C13H7ClN4O5/c14-8-4-5-10(9(7-8)17(19)20)23-12-13(18(21)22)16-6-2-1-3-11(16)15-12/h1-7H. The van der Waals surface area contributed by atoms with Gasteiger partial charge in [0.25, 0.3) is 0 Å². The molecule has 0 radical (unpaired) electrons. The lowest BCUT2D eigenvalue weighted by Crippen LogP contribution is -1.98. The lowest BCUT2D eigenvalue weighted by Gasteiger charge is -2.03. The Labute approximate surface area is 133 Å². The van der Waals surface area contributed by atoms with Crippen LogP contribution in [0.3, 0.4) is 0 Å². The third kappa shape index (κ3) is 2.64. The summed E-state index contributed by atoms with van der Waals surface area (Å²) in [7, 11) is 0. The molecule has 23 heavy (non-hydrogen) atoms. The van der Waals surface area contributed by atoms with Crippen LogP contribution in [0.2, 0.25) is 5.02 Å². The molecule has 0 saturated heterocycles. The molecular weight excluding hydrogens is 328 g/mol. The van der Waals surface area contributed by atoms with Crippen LogP contribution in [-0.2, 0) is 0 Å². The summed E-state index contributed by atoms with van der Waals surface area (Å²) in [4.78, 5) is 25.0. The summed E-state index contributed by atoms with van der Waals surface area (Å²) < 4.78 is 6.55. The number of nitro groups is 2. The van der Waals surface area contributed by atoms with Crippen molar-refractivity contribution in [3.05, 3.63) is 67.8 Å². The predicted molar refractivity (Wildman–Crippen MR) is 80.0 cm³/mol. The Morgan fingerprint density at radius 3 is 2.61 bits per heavy atom. The van der Waals surface area contributed by atoms with Gasteiger partial charge < -0.3 is 14.9 Å². The molecule has 3 aromatic rings. The summed E-state index contributed by atoms with van der Waals surface area (Å²) >= 11 is 5.72. The molecule has 2 heterocycles. The first kappa shape index (κ1) is 14.7. The Hall–Kier alpha value is -3.20. The van der Waals surface area contributed by atoms with E-state index in [2.05, 4.69) is 4.98 Å². The number of benzene rings is 1. The highest BCUT2D eigenvalue weighted by Gasteiger charge is 2.27. The van der Waals surface area contributed by atoms with E-state index in [0.29, 0.717) is 0 Å². The van der Waals surface area contributed by atoms with E-state index in [4.69, 9.17) is 16.3 Å². The fourth-order valence-corrected chi connectivity index (χ4v) is 2.19. The van der Waals surface area contributed by atoms with Gasteiger partial charge in [-0.05, 0) is 23.1 Å². The third-order valence-corrected chi connectivity index (χ3v) is 3.21. The Bertz CT molecular complexity index is 939. The van der Waals surface area contributed by atoms with Crippen LogP contribution in [0.15, 0.2) is 42.6 Å². The molecule has 0 fully saturated rings. The average molecular weight is 335 g/mol. The van der Waals surface area contributed by atoms with Gasteiger partial charge in [-0.1, -0.05) is 17.7 Å². The minimum absolute atomic E-state index is 0.147. The molecule has 0 aliphatic heterocycles. The maximum atomic E-state index is 11.3. The van der Waals surface area contributed by atoms with Crippen molar-refractivity contribution in [2.75, 3.05) is 0 Å². The number of halogens is 1. The second-order valence-electron chi connectivity index (χ2n) is 4.40. The fourth-order valence-electron chi connectivity index (χ4n) is 2.02. The van der Waals surface area contributed by atoms with Crippen molar-refractivity contribution in [1.82, 2.24) is 9.38 Å². The second kappa shape index (κ2) is 5.54. The van der Waals surface area contributed by atoms with Gasteiger partial charge in [-0.2, -0.15) is 9.38 Å². The van der Waals surface area contributed by atoms with Gasteiger partial charge in [0.15, 0.2) is 0 Å². The van der Waals surface area contributed by atoms with Gasteiger partial charge in [-0.15, -0.1) is 0 Å². The molecule has 116 valence electrons. The summed E-state index contributed by atoms with van der Waals surface area (Å²) in [5.41, 5.74) is -0.130. The minimum atomic E-state index is -0.692. The lowest BCUT2D eigenvalue weighted by atomic mass is 10.3. The number of nitro benzene ring substituents is 1. The molecule has 10 heteroatoms. The fraction of sp³-hybridized carbons (Fsp3) is 0. The Morgan fingerprint density at radius 1 is 1.13 bits per heavy atom. The van der Waals surface area contributed by atoms with Crippen LogP contribution in [0, 0.1) is 20.2 Å². The maximum absolute atomic E-state index is 11.3. The van der Waals surface area contributed by atoms with Crippen LogP contribution in [0.1, 0.15) is 0 Å². The van der Waals surface area contributed by atoms with Crippen LogP contribution in [0.5, 0.6) is 11.6 Å². The Morgan fingerprint density at radius 2 is 1.91 bits per heavy atom. The minimum Gasteiger partial charge on any atom is -0.425 e. The molecule has 0 aliphatic carbocycles. The Balaban J connectivity index is 2.14. The van der Waals surface area contributed by atoms with E-state index < -0.39 is 21.4 Å². The zero-order chi connectivity index (χ0) is 16.6. The van der Waals surface area contributed by atoms with E-state index in [1.807, 2.05) is 0 Å². The third-order valence-electron chi connectivity index (χ3n) is 2.97. The van der Waals surface area contributed by atoms with Crippen molar-refractivity contribution < 1.29 is 14.6 Å². The van der Waals surface area contributed by atoms with E-state index in [1.165, 1.54) is 22.7 Å². The second-order valence-corrected chi connectivity index (χ2v) is 4.83. The highest BCUT2D eigenvalue weighted by atomic mass is 35.5. The van der Waals surface area contributed by atoms with E-state index in [9.17, 15) is 20.2 Å². The number of rotatable bonds is 4. The molecule has 0 bridgehead atoms. The predicted octanol–water partition coefficient (Wildman–Crippen LogP) is 3.60. The van der Waals surface area contributed by atoms with E-state index in [-0.39, 0.29) is 22.3 Å². The van der Waals surface area contributed by atoms with Crippen molar-refractivity contribution in [1.29, 1.82) is 0 Å². The number of fused-ring (bicyclic) bond motifs is 1. The molecule has 2 aromatic heterocycles. The molecular formula is C13H7ClN4O5. The van der Waals surface area contributed by atoms with Crippen molar-refractivity contribution in [3.63, 3.8) is 0 Å². The largest absolute Gasteiger partial charge is 0.425 e. The summed E-state index contributed by atoms with van der Waals surface area (Å²) in [5, 5.41) is 22.5. The lowest BCUT2D eigenvalue weighted by molar-refractivity contribution is -0.391. The van der Waals surface area contributed by atoms with Gasteiger partial charge >= 0.3 is 17.4 Å². The van der Waals surface area contributed by atoms with Gasteiger partial charge in [0, 0.05) is 17.2 Å². The van der Waals surface area contributed by atoms with Gasteiger partial charge in [0.1, 0.15) is 0 Å². The number of pyridine rings is 1. The van der Waals surface area contributed by atoms with Crippen molar-refractivity contribution >= 4 is 28.8 Å². The Kier molecular flexibility index (Phi) is 3.54. The van der Waals surface area contributed by atoms with Gasteiger partial charge in [0.05, 0.1) is 11.1 Å². The SMILES string of the molecule is O=[N+]([O-])c1cc(Cl)ccc1Oc1nc2ccccn2c1[N+](=O)[O-]. The van der Waals surface area contributed by atoms with Gasteiger partial charge in [0.2, 0.25) is 11.4 Å². The zero-order valence-electron chi connectivity index (χ0n) is 11.2. The molecule has 3 rings (SSSR count). The first-order valence-corrected chi connectivity index (χ1v) is 6.58.